The predicted molar refractivity (Wildman–Crippen MR) is 96.3 cm³/mol. The number of aromatic nitrogens is 1. The Morgan fingerprint density at radius 2 is 2.00 bits per heavy atom. The SMILES string of the molecule is COc1cccc(CCNC(=O)Cc2cn(C)c3ccccc23)c1. The van der Waals surface area contributed by atoms with Crippen molar-refractivity contribution in [1.82, 2.24) is 9.88 Å². The molecule has 1 amide bonds. The molecule has 1 heterocycles. The van der Waals surface area contributed by atoms with Crippen LogP contribution < -0.4 is 10.1 Å². The molecule has 0 unspecified atom stereocenters. The van der Waals surface area contributed by atoms with Crippen LogP contribution in [0, 0.1) is 0 Å². The molecule has 1 aromatic heterocycles. The summed E-state index contributed by atoms with van der Waals surface area (Å²) in [6.07, 6.45) is 3.23. The third-order valence-corrected chi connectivity index (χ3v) is 4.20. The van der Waals surface area contributed by atoms with E-state index in [2.05, 4.69) is 22.0 Å². The molecule has 0 atom stereocenters. The number of hydrogen-bond donors (Lipinski definition) is 1. The number of rotatable bonds is 6. The number of para-hydroxylation sites is 1. The van der Waals surface area contributed by atoms with Crippen LogP contribution in [0.3, 0.4) is 0 Å². The van der Waals surface area contributed by atoms with Gasteiger partial charge in [-0.25, -0.2) is 0 Å². The number of methoxy groups -OCH3 is 1. The Hall–Kier alpha value is -2.75. The van der Waals surface area contributed by atoms with Crippen LogP contribution in [0.5, 0.6) is 5.75 Å². The van der Waals surface area contributed by atoms with Gasteiger partial charge in [0.1, 0.15) is 5.75 Å². The molecule has 0 radical (unpaired) electrons. The molecule has 3 aromatic rings. The van der Waals surface area contributed by atoms with Crippen molar-refractivity contribution in [3.05, 3.63) is 65.9 Å². The maximum Gasteiger partial charge on any atom is 0.224 e. The highest BCUT2D eigenvalue weighted by Gasteiger charge is 2.10. The van der Waals surface area contributed by atoms with Gasteiger partial charge in [0.25, 0.3) is 0 Å². The van der Waals surface area contributed by atoms with Gasteiger partial charge in [0.15, 0.2) is 0 Å². The van der Waals surface area contributed by atoms with Crippen molar-refractivity contribution in [3.63, 3.8) is 0 Å². The first kappa shape index (κ1) is 16.1. The van der Waals surface area contributed by atoms with Crippen molar-refractivity contribution in [2.24, 2.45) is 7.05 Å². The fraction of sp³-hybridized carbons (Fsp3) is 0.250. The summed E-state index contributed by atoms with van der Waals surface area (Å²) in [5, 5.41) is 4.14. The van der Waals surface area contributed by atoms with E-state index in [9.17, 15) is 4.79 Å². The molecule has 0 spiro atoms. The minimum atomic E-state index is 0.0502. The molecule has 0 fully saturated rings. The zero-order chi connectivity index (χ0) is 16.9. The van der Waals surface area contributed by atoms with Gasteiger partial charge in [-0.05, 0) is 35.7 Å². The zero-order valence-corrected chi connectivity index (χ0v) is 14.1. The van der Waals surface area contributed by atoms with Crippen molar-refractivity contribution >= 4 is 16.8 Å². The van der Waals surface area contributed by atoms with Crippen LogP contribution in [0.25, 0.3) is 10.9 Å². The number of benzene rings is 2. The summed E-state index contributed by atoms with van der Waals surface area (Å²) in [6.45, 7) is 0.622. The lowest BCUT2D eigenvalue weighted by atomic mass is 10.1. The summed E-state index contributed by atoms with van der Waals surface area (Å²) >= 11 is 0. The van der Waals surface area contributed by atoms with Crippen LogP contribution in [0.1, 0.15) is 11.1 Å². The number of ether oxygens (including phenoxy) is 1. The largest absolute Gasteiger partial charge is 0.497 e. The Bertz CT molecular complexity index is 852. The number of amides is 1. The van der Waals surface area contributed by atoms with Crippen molar-refractivity contribution in [2.45, 2.75) is 12.8 Å². The number of aryl methyl sites for hydroxylation is 1. The normalized spacial score (nSPS) is 10.8. The van der Waals surface area contributed by atoms with Gasteiger partial charge in [0.05, 0.1) is 13.5 Å². The Labute approximate surface area is 142 Å². The molecular weight excluding hydrogens is 300 g/mol. The van der Waals surface area contributed by atoms with Gasteiger partial charge >= 0.3 is 0 Å². The van der Waals surface area contributed by atoms with E-state index in [0.717, 1.165) is 34.2 Å². The molecule has 4 heteroatoms. The summed E-state index contributed by atoms with van der Waals surface area (Å²) in [5.41, 5.74) is 3.36. The van der Waals surface area contributed by atoms with Crippen LogP contribution in [-0.4, -0.2) is 24.1 Å². The quantitative estimate of drug-likeness (QED) is 0.758. The van der Waals surface area contributed by atoms with Crippen LogP contribution in [0.4, 0.5) is 0 Å². The number of carbonyl (C=O) groups is 1. The first-order valence-corrected chi connectivity index (χ1v) is 8.10. The standard InChI is InChI=1S/C20H22N2O2/c1-22-14-16(18-8-3-4-9-19(18)22)13-20(23)21-11-10-15-6-5-7-17(12-15)24-2/h3-9,12,14H,10-11,13H2,1-2H3,(H,21,23). The molecule has 2 aromatic carbocycles. The number of carbonyl (C=O) groups excluding carboxylic acids is 1. The van der Waals surface area contributed by atoms with Gasteiger partial charge in [0, 0.05) is 30.7 Å². The molecule has 3 rings (SSSR count). The number of nitrogens with one attached hydrogen (secondary N) is 1. The first-order valence-electron chi connectivity index (χ1n) is 8.10. The highest BCUT2D eigenvalue weighted by Crippen LogP contribution is 2.20. The molecular formula is C20H22N2O2. The van der Waals surface area contributed by atoms with Gasteiger partial charge in [0.2, 0.25) is 5.91 Å². The van der Waals surface area contributed by atoms with Crippen LogP contribution in [0.2, 0.25) is 0 Å². The second-order valence-electron chi connectivity index (χ2n) is 5.91. The van der Waals surface area contributed by atoms with E-state index >= 15 is 0 Å². The first-order chi connectivity index (χ1) is 11.7. The summed E-state index contributed by atoms with van der Waals surface area (Å²) in [4.78, 5) is 12.2. The fourth-order valence-electron chi connectivity index (χ4n) is 2.98. The van der Waals surface area contributed by atoms with E-state index in [1.807, 2.05) is 49.6 Å². The lowest BCUT2D eigenvalue weighted by Crippen LogP contribution is -2.27. The molecule has 0 saturated heterocycles. The molecule has 0 aliphatic carbocycles. The number of hydrogen-bond acceptors (Lipinski definition) is 2. The van der Waals surface area contributed by atoms with Crippen LogP contribution in [0.15, 0.2) is 54.7 Å². The predicted octanol–water partition coefficient (Wildman–Crippen LogP) is 3.09. The molecule has 0 aliphatic heterocycles. The summed E-state index contributed by atoms with van der Waals surface area (Å²) < 4.78 is 7.28. The summed E-state index contributed by atoms with van der Waals surface area (Å²) in [5.74, 6) is 0.892. The highest BCUT2D eigenvalue weighted by molar-refractivity contribution is 5.89. The van der Waals surface area contributed by atoms with Crippen LogP contribution >= 0.6 is 0 Å². The molecule has 124 valence electrons. The molecule has 4 nitrogen and oxygen atoms in total. The van der Waals surface area contributed by atoms with Gasteiger partial charge in [-0.3, -0.25) is 4.79 Å². The average molecular weight is 322 g/mol. The van der Waals surface area contributed by atoms with E-state index in [-0.39, 0.29) is 5.91 Å². The smallest absolute Gasteiger partial charge is 0.224 e. The van der Waals surface area contributed by atoms with Gasteiger partial charge in [-0.2, -0.15) is 0 Å². The zero-order valence-electron chi connectivity index (χ0n) is 14.1. The lowest BCUT2D eigenvalue weighted by Gasteiger charge is -2.06. The highest BCUT2D eigenvalue weighted by atomic mass is 16.5. The second-order valence-corrected chi connectivity index (χ2v) is 5.91. The second kappa shape index (κ2) is 7.21. The van der Waals surface area contributed by atoms with Crippen molar-refractivity contribution in [2.75, 3.05) is 13.7 Å². The van der Waals surface area contributed by atoms with Crippen molar-refractivity contribution in [1.29, 1.82) is 0 Å². The van der Waals surface area contributed by atoms with E-state index in [4.69, 9.17) is 4.74 Å². The molecule has 0 bridgehead atoms. The van der Waals surface area contributed by atoms with Gasteiger partial charge in [-0.1, -0.05) is 30.3 Å². The Morgan fingerprint density at radius 1 is 1.17 bits per heavy atom. The Balaban J connectivity index is 1.57. The molecule has 0 aliphatic rings. The minimum Gasteiger partial charge on any atom is -0.497 e. The van der Waals surface area contributed by atoms with Crippen molar-refractivity contribution < 1.29 is 9.53 Å². The third kappa shape index (κ3) is 3.59. The van der Waals surface area contributed by atoms with Gasteiger partial charge in [-0.15, -0.1) is 0 Å². The molecule has 24 heavy (non-hydrogen) atoms. The Kier molecular flexibility index (Phi) is 4.85. The number of fused-ring (bicyclic) bond motifs is 1. The number of nitrogens with zero attached hydrogens (tertiary/aromatic N) is 1. The maximum atomic E-state index is 12.2. The molecule has 0 saturated carbocycles. The van der Waals surface area contributed by atoms with E-state index in [0.29, 0.717) is 13.0 Å². The summed E-state index contributed by atoms with van der Waals surface area (Å²) in [6, 6.07) is 16.1. The van der Waals surface area contributed by atoms with Crippen molar-refractivity contribution in [3.8, 4) is 5.75 Å². The summed E-state index contributed by atoms with van der Waals surface area (Å²) in [7, 11) is 3.66. The lowest BCUT2D eigenvalue weighted by molar-refractivity contribution is -0.120. The van der Waals surface area contributed by atoms with E-state index in [1.165, 1.54) is 0 Å². The fourth-order valence-corrected chi connectivity index (χ4v) is 2.98. The van der Waals surface area contributed by atoms with Crippen LogP contribution in [-0.2, 0) is 24.7 Å². The average Bonchev–Trinajstić information content (AvgIpc) is 2.91. The van der Waals surface area contributed by atoms with E-state index in [1.54, 1.807) is 7.11 Å². The van der Waals surface area contributed by atoms with Gasteiger partial charge < -0.3 is 14.6 Å². The maximum absolute atomic E-state index is 12.2. The Morgan fingerprint density at radius 3 is 2.83 bits per heavy atom. The third-order valence-electron chi connectivity index (χ3n) is 4.20. The minimum absolute atomic E-state index is 0.0502. The van der Waals surface area contributed by atoms with E-state index < -0.39 is 0 Å². The topological polar surface area (TPSA) is 43.3 Å². The molecule has 1 N–H and O–H groups in total. The monoisotopic (exact) mass is 322 g/mol.